The summed E-state index contributed by atoms with van der Waals surface area (Å²) in [5.41, 5.74) is 1.71. The van der Waals surface area contributed by atoms with Gasteiger partial charge in [-0.1, -0.05) is 18.2 Å². The summed E-state index contributed by atoms with van der Waals surface area (Å²) in [6.45, 7) is 0.336. The van der Waals surface area contributed by atoms with Crippen molar-refractivity contribution in [3.05, 3.63) is 83.2 Å². The fraction of sp³-hybridized carbons (Fsp3) is 0.344. The van der Waals surface area contributed by atoms with Crippen molar-refractivity contribution < 1.29 is 37.7 Å². The van der Waals surface area contributed by atoms with Crippen LogP contribution < -0.4 is 29.6 Å². The van der Waals surface area contributed by atoms with Crippen molar-refractivity contribution in [1.82, 2.24) is 15.5 Å². The highest BCUT2D eigenvalue weighted by atomic mass is 19.1. The van der Waals surface area contributed by atoms with E-state index in [-0.39, 0.29) is 49.1 Å². The van der Waals surface area contributed by atoms with Crippen molar-refractivity contribution in [2.45, 2.75) is 38.0 Å². The van der Waals surface area contributed by atoms with Crippen LogP contribution in [0.2, 0.25) is 0 Å². The van der Waals surface area contributed by atoms with Gasteiger partial charge in [0.15, 0.2) is 18.1 Å². The molecule has 43 heavy (non-hydrogen) atoms. The number of carbonyl (C=O) groups is 3. The Hall–Kier alpha value is -4.80. The second-order valence-corrected chi connectivity index (χ2v) is 10.4. The van der Waals surface area contributed by atoms with Crippen molar-refractivity contribution in [2.75, 3.05) is 33.9 Å². The smallest absolute Gasteiger partial charge is 0.258 e. The van der Waals surface area contributed by atoms with E-state index >= 15 is 0 Å². The number of ether oxygens (including phenoxy) is 4. The monoisotopic (exact) mass is 591 g/mol. The molecule has 2 aliphatic heterocycles. The Kier molecular flexibility index (Phi) is 9.29. The molecule has 5 rings (SSSR count). The highest BCUT2D eigenvalue weighted by Crippen LogP contribution is 2.29. The molecule has 0 aliphatic carbocycles. The quantitative estimate of drug-likeness (QED) is 0.468. The third-order valence-corrected chi connectivity index (χ3v) is 7.51. The average Bonchev–Trinajstić information content (AvgIpc) is 3.01. The lowest BCUT2D eigenvalue weighted by molar-refractivity contribution is -0.133. The van der Waals surface area contributed by atoms with E-state index in [1.165, 1.54) is 25.3 Å². The van der Waals surface area contributed by atoms with Gasteiger partial charge in [-0.05, 0) is 53.9 Å². The van der Waals surface area contributed by atoms with E-state index in [0.717, 1.165) is 11.3 Å². The molecule has 226 valence electrons. The number of benzene rings is 3. The molecule has 0 unspecified atom stereocenters. The first kappa shape index (κ1) is 29.7. The first-order chi connectivity index (χ1) is 20.8. The van der Waals surface area contributed by atoms with Gasteiger partial charge < -0.3 is 34.5 Å². The van der Waals surface area contributed by atoms with Crippen molar-refractivity contribution in [1.29, 1.82) is 0 Å². The van der Waals surface area contributed by atoms with E-state index in [1.807, 2.05) is 24.3 Å². The molecule has 3 aromatic rings. The third kappa shape index (κ3) is 7.35. The van der Waals surface area contributed by atoms with Crippen LogP contribution in [0.5, 0.6) is 23.0 Å². The van der Waals surface area contributed by atoms with E-state index in [2.05, 4.69) is 10.6 Å². The molecule has 0 spiro atoms. The number of carbonyl (C=O) groups excluding carboxylic acids is 3. The van der Waals surface area contributed by atoms with Gasteiger partial charge in [-0.15, -0.1) is 0 Å². The summed E-state index contributed by atoms with van der Waals surface area (Å²) in [6.07, 6.45) is 0.636. The lowest BCUT2D eigenvalue weighted by Crippen LogP contribution is -2.58. The number of rotatable bonds is 5. The lowest BCUT2D eigenvalue weighted by Gasteiger charge is -2.39. The summed E-state index contributed by atoms with van der Waals surface area (Å²) in [4.78, 5) is 40.9. The maximum absolute atomic E-state index is 14.5. The van der Waals surface area contributed by atoms with Gasteiger partial charge >= 0.3 is 0 Å². The molecule has 10 nitrogen and oxygen atoms in total. The van der Waals surface area contributed by atoms with Crippen LogP contribution in [0.15, 0.2) is 60.7 Å². The van der Waals surface area contributed by atoms with Crippen molar-refractivity contribution in [3.8, 4) is 23.0 Å². The zero-order chi connectivity index (χ0) is 30.3. The summed E-state index contributed by atoms with van der Waals surface area (Å²) in [6, 6.07) is 15.9. The fourth-order valence-corrected chi connectivity index (χ4v) is 5.29. The predicted octanol–water partition coefficient (Wildman–Crippen LogP) is 3.26. The largest absolute Gasteiger partial charge is 0.496 e. The number of nitrogens with one attached hydrogen (secondary N) is 2. The number of methoxy groups -OCH3 is 2. The molecule has 2 N–H and O–H groups in total. The summed E-state index contributed by atoms with van der Waals surface area (Å²) in [5.74, 6) is 0.118. The van der Waals surface area contributed by atoms with Gasteiger partial charge in [0.25, 0.3) is 11.8 Å². The molecule has 3 aromatic carbocycles. The molecule has 1 fully saturated rings. The molecule has 11 heteroatoms. The lowest BCUT2D eigenvalue weighted by atomic mass is 9.99. The third-order valence-electron chi connectivity index (χ3n) is 7.51. The number of hydrogen-bond donors (Lipinski definition) is 2. The van der Waals surface area contributed by atoms with E-state index in [4.69, 9.17) is 18.9 Å². The van der Waals surface area contributed by atoms with Crippen molar-refractivity contribution in [3.63, 3.8) is 0 Å². The number of aryl methyl sites for hydroxylation is 1. The SMILES string of the molecule is COc1ccccc1CCC(=O)N1CC[C@H]2Oc3cc(F)cc(c3)CNC(=O)COc3cc(ccc3OC)C(=O)N[C@H]2C1. The van der Waals surface area contributed by atoms with Gasteiger partial charge in [0.2, 0.25) is 5.91 Å². The summed E-state index contributed by atoms with van der Waals surface area (Å²) in [5, 5.41) is 5.71. The second-order valence-electron chi connectivity index (χ2n) is 10.4. The molecule has 2 heterocycles. The number of amides is 3. The normalized spacial score (nSPS) is 18.7. The van der Waals surface area contributed by atoms with Crippen molar-refractivity contribution >= 4 is 17.7 Å². The van der Waals surface area contributed by atoms with E-state index in [0.29, 0.717) is 30.7 Å². The van der Waals surface area contributed by atoms with Gasteiger partial charge in [0.05, 0.1) is 20.3 Å². The number of para-hydroxylation sites is 1. The number of nitrogens with zero attached hydrogens (tertiary/aromatic N) is 1. The van der Waals surface area contributed by atoms with Crippen LogP contribution in [-0.4, -0.2) is 68.7 Å². The van der Waals surface area contributed by atoms with Crippen LogP contribution in [0.4, 0.5) is 4.39 Å². The minimum absolute atomic E-state index is 0.0605. The summed E-state index contributed by atoms with van der Waals surface area (Å²) < 4.78 is 37.2. The molecule has 1 saturated heterocycles. The number of piperidine rings is 1. The van der Waals surface area contributed by atoms with E-state index in [9.17, 15) is 18.8 Å². The van der Waals surface area contributed by atoms with Gasteiger partial charge in [0, 0.05) is 44.1 Å². The maximum Gasteiger partial charge on any atom is 0.258 e. The number of likely N-dealkylation sites (tertiary alicyclic amines) is 1. The standard InChI is InChI=1S/C32H34FN3O7/c1-40-26-6-4-3-5-21(26)8-10-31(38)36-12-11-27-25(18-36)35-32(39)22-7-9-28(41-2)29(15-22)42-19-30(37)34-17-20-13-23(33)16-24(14-20)43-27/h3-7,9,13-16,25,27H,8,10-12,17-19H2,1-2H3,(H,34,37)(H,35,39)/t25-,27+/m0/s1. The van der Waals surface area contributed by atoms with E-state index < -0.39 is 29.8 Å². The zero-order valence-corrected chi connectivity index (χ0v) is 24.1. The Morgan fingerprint density at radius 2 is 1.86 bits per heavy atom. The average molecular weight is 592 g/mol. The van der Waals surface area contributed by atoms with Crippen LogP contribution in [-0.2, 0) is 22.6 Å². The molecular formula is C32H34FN3O7. The maximum atomic E-state index is 14.5. The minimum atomic E-state index is -0.595. The van der Waals surface area contributed by atoms with Crippen LogP contribution in [0, 0.1) is 5.82 Å². The minimum Gasteiger partial charge on any atom is -0.496 e. The van der Waals surface area contributed by atoms with Gasteiger partial charge in [0.1, 0.15) is 23.4 Å². The van der Waals surface area contributed by atoms with Crippen LogP contribution in [0.25, 0.3) is 0 Å². The first-order valence-electron chi connectivity index (χ1n) is 14.1. The Labute approximate surface area is 249 Å². The Morgan fingerprint density at radius 1 is 1.05 bits per heavy atom. The van der Waals surface area contributed by atoms with Crippen molar-refractivity contribution in [2.24, 2.45) is 0 Å². The number of hydrogen-bond acceptors (Lipinski definition) is 7. The number of halogens is 1. The van der Waals surface area contributed by atoms with Gasteiger partial charge in [-0.2, -0.15) is 0 Å². The second kappa shape index (κ2) is 13.5. The first-order valence-corrected chi connectivity index (χ1v) is 14.1. The molecule has 0 aromatic heterocycles. The number of fused-ring (bicyclic) bond motifs is 5. The fourth-order valence-electron chi connectivity index (χ4n) is 5.29. The summed E-state index contributed by atoms with van der Waals surface area (Å²) >= 11 is 0. The predicted molar refractivity (Wildman–Crippen MR) is 155 cm³/mol. The molecule has 4 bridgehead atoms. The topological polar surface area (TPSA) is 115 Å². The Balaban J connectivity index is 1.39. The molecular weight excluding hydrogens is 557 g/mol. The van der Waals surface area contributed by atoms with Gasteiger partial charge in [-0.3, -0.25) is 14.4 Å². The van der Waals surface area contributed by atoms with E-state index in [1.54, 1.807) is 30.2 Å². The van der Waals surface area contributed by atoms with Crippen LogP contribution >= 0.6 is 0 Å². The highest BCUT2D eigenvalue weighted by molar-refractivity contribution is 5.95. The zero-order valence-electron chi connectivity index (χ0n) is 24.1. The highest BCUT2D eigenvalue weighted by Gasteiger charge is 2.34. The van der Waals surface area contributed by atoms with Crippen LogP contribution in [0.3, 0.4) is 0 Å². The Morgan fingerprint density at radius 3 is 2.67 bits per heavy atom. The molecule has 0 radical (unpaired) electrons. The summed E-state index contributed by atoms with van der Waals surface area (Å²) in [7, 11) is 3.05. The molecule has 0 saturated carbocycles. The Bertz CT molecular complexity index is 1500. The van der Waals surface area contributed by atoms with Crippen LogP contribution in [0.1, 0.15) is 34.3 Å². The molecule has 3 amide bonds. The molecule has 2 atom stereocenters. The molecule has 2 aliphatic rings. The van der Waals surface area contributed by atoms with Gasteiger partial charge in [-0.25, -0.2) is 4.39 Å².